The van der Waals surface area contributed by atoms with Gasteiger partial charge in [-0.1, -0.05) is 24.3 Å². The number of aryl methyl sites for hydroxylation is 1. The number of nitriles is 1. The van der Waals surface area contributed by atoms with Crippen LogP contribution in [0.15, 0.2) is 24.3 Å². The summed E-state index contributed by atoms with van der Waals surface area (Å²) in [5, 5.41) is 17.7. The lowest BCUT2D eigenvalue weighted by molar-refractivity contribution is 0.816. The number of benzene rings is 1. The molecule has 3 rings (SSSR count). The van der Waals surface area contributed by atoms with E-state index >= 15 is 0 Å². The van der Waals surface area contributed by atoms with Crippen molar-refractivity contribution in [1.29, 1.82) is 5.26 Å². The summed E-state index contributed by atoms with van der Waals surface area (Å²) in [7, 11) is 0. The zero-order valence-electron chi connectivity index (χ0n) is 11.0. The van der Waals surface area contributed by atoms with Gasteiger partial charge in [-0.15, -0.1) is 5.10 Å². The van der Waals surface area contributed by atoms with Crippen LogP contribution in [0, 0.1) is 25.2 Å². The van der Waals surface area contributed by atoms with Crippen molar-refractivity contribution in [3.63, 3.8) is 0 Å². The van der Waals surface area contributed by atoms with Crippen molar-refractivity contribution < 1.29 is 0 Å². The molecule has 0 atom stereocenters. The molecular formula is C15H14N4. The van der Waals surface area contributed by atoms with Crippen molar-refractivity contribution >= 4 is 5.82 Å². The first-order valence-electron chi connectivity index (χ1n) is 6.26. The second-order valence-corrected chi connectivity index (χ2v) is 4.85. The Morgan fingerprint density at radius 2 is 1.74 bits per heavy atom. The lowest BCUT2D eigenvalue weighted by atomic mass is 10.1. The van der Waals surface area contributed by atoms with Crippen LogP contribution < -0.4 is 4.90 Å². The number of anilines is 1. The average Bonchev–Trinajstić information content (AvgIpc) is 2.85. The van der Waals surface area contributed by atoms with E-state index in [0.717, 1.165) is 24.3 Å². The van der Waals surface area contributed by atoms with Crippen LogP contribution in [0.5, 0.6) is 0 Å². The molecular weight excluding hydrogens is 236 g/mol. The van der Waals surface area contributed by atoms with Crippen molar-refractivity contribution in [1.82, 2.24) is 10.2 Å². The molecule has 0 aliphatic carbocycles. The van der Waals surface area contributed by atoms with E-state index in [1.165, 1.54) is 11.1 Å². The van der Waals surface area contributed by atoms with Crippen molar-refractivity contribution in [2.24, 2.45) is 0 Å². The first-order valence-corrected chi connectivity index (χ1v) is 6.26. The van der Waals surface area contributed by atoms with Gasteiger partial charge in [0.15, 0.2) is 5.82 Å². The predicted octanol–water partition coefficient (Wildman–Crippen LogP) is 2.49. The van der Waals surface area contributed by atoms with E-state index in [1.807, 2.05) is 26.0 Å². The van der Waals surface area contributed by atoms with Crippen LogP contribution in [0.4, 0.5) is 5.82 Å². The first-order chi connectivity index (χ1) is 9.20. The Morgan fingerprint density at radius 1 is 1.11 bits per heavy atom. The monoisotopic (exact) mass is 250 g/mol. The summed E-state index contributed by atoms with van der Waals surface area (Å²) in [6, 6.07) is 10.6. The maximum Gasteiger partial charge on any atom is 0.170 e. The number of fused-ring (bicyclic) bond motifs is 1. The summed E-state index contributed by atoms with van der Waals surface area (Å²) in [6.07, 6.45) is 0. The van der Waals surface area contributed by atoms with Gasteiger partial charge in [-0.2, -0.15) is 10.4 Å². The molecule has 1 aromatic heterocycles. The van der Waals surface area contributed by atoms with Crippen molar-refractivity contribution in [3.8, 4) is 6.07 Å². The Hall–Kier alpha value is -2.41. The molecule has 0 radical (unpaired) electrons. The second kappa shape index (κ2) is 4.36. The highest BCUT2D eigenvalue weighted by Gasteiger charge is 2.23. The van der Waals surface area contributed by atoms with E-state index in [-0.39, 0.29) is 0 Å². The van der Waals surface area contributed by atoms with Crippen LogP contribution in [0.2, 0.25) is 0 Å². The average molecular weight is 250 g/mol. The fraction of sp³-hybridized carbons (Fsp3) is 0.267. The van der Waals surface area contributed by atoms with E-state index in [1.54, 1.807) is 0 Å². The summed E-state index contributed by atoms with van der Waals surface area (Å²) < 4.78 is 0. The normalized spacial score (nSPS) is 13.2. The van der Waals surface area contributed by atoms with Crippen molar-refractivity contribution in [3.05, 3.63) is 52.2 Å². The highest BCUT2D eigenvalue weighted by Crippen LogP contribution is 2.29. The van der Waals surface area contributed by atoms with E-state index in [4.69, 9.17) is 0 Å². The van der Waals surface area contributed by atoms with Gasteiger partial charge in [0.25, 0.3) is 0 Å². The molecule has 19 heavy (non-hydrogen) atoms. The smallest absolute Gasteiger partial charge is 0.170 e. The minimum Gasteiger partial charge on any atom is -0.345 e. The SMILES string of the molecule is Cc1nnc(N2Cc3ccccc3C2)c(C#N)c1C. The van der Waals surface area contributed by atoms with E-state index in [2.05, 4.69) is 33.3 Å². The molecule has 2 aromatic rings. The molecule has 0 N–H and O–H groups in total. The number of aromatic nitrogens is 2. The van der Waals surface area contributed by atoms with Gasteiger partial charge in [-0.25, -0.2) is 0 Å². The predicted molar refractivity (Wildman–Crippen MR) is 72.6 cm³/mol. The van der Waals surface area contributed by atoms with Crippen LogP contribution in [0.1, 0.15) is 27.9 Å². The zero-order valence-corrected chi connectivity index (χ0v) is 11.0. The lowest BCUT2D eigenvalue weighted by Gasteiger charge is -2.18. The Kier molecular flexibility index (Phi) is 2.68. The van der Waals surface area contributed by atoms with Crippen LogP contribution >= 0.6 is 0 Å². The van der Waals surface area contributed by atoms with Crippen molar-refractivity contribution in [2.75, 3.05) is 4.90 Å². The standard InChI is InChI=1S/C15H14N4/c1-10-11(2)17-18-15(14(10)7-16)19-8-12-5-3-4-6-13(12)9-19/h3-6H,8-9H2,1-2H3. The maximum atomic E-state index is 9.36. The second-order valence-electron chi connectivity index (χ2n) is 4.85. The van der Waals surface area contributed by atoms with Gasteiger partial charge in [0.1, 0.15) is 11.6 Å². The van der Waals surface area contributed by atoms with Gasteiger partial charge < -0.3 is 4.90 Å². The first kappa shape index (κ1) is 11.7. The molecule has 0 fully saturated rings. The summed E-state index contributed by atoms with van der Waals surface area (Å²) in [4.78, 5) is 2.11. The van der Waals surface area contributed by atoms with Gasteiger partial charge in [0.2, 0.25) is 0 Å². The molecule has 94 valence electrons. The molecule has 4 nitrogen and oxygen atoms in total. The number of nitrogens with zero attached hydrogens (tertiary/aromatic N) is 4. The number of hydrogen-bond acceptors (Lipinski definition) is 4. The van der Waals surface area contributed by atoms with Gasteiger partial charge >= 0.3 is 0 Å². The van der Waals surface area contributed by atoms with Gasteiger partial charge in [-0.3, -0.25) is 0 Å². The Bertz CT molecular complexity index is 660. The summed E-state index contributed by atoms with van der Waals surface area (Å²) in [5.41, 5.74) is 4.97. The molecule has 0 saturated carbocycles. The topological polar surface area (TPSA) is 52.8 Å². The quantitative estimate of drug-likeness (QED) is 0.780. The Labute approximate surface area is 112 Å². The molecule has 0 spiro atoms. The van der Waals surface area contributed by atoms with Crippen LogP contribution in [-0.4, -0.2) is 10.2 Å². The molecule has 0 bridgehead atoms. The van der Waals surface area contributed by atoms with Gasteiger partial charge in [0, 0.05) is 13.1 Å². The van der Waals surface area contributed by atoms with Gasteiger partial charge in [0.05, 0.1) is 5.69 Å². The molecule has 1 aliphatic rings. The zero-order chi connectivity index (χ0) is 13.4. The molecule has 4 heteroatoms. The fourth-order valence-electron chi connectivity index (χ4n) is 2.43. The Balaban J connectivity index is 2.03. The largest absolute Gasteiger partial charge is 0.345 e. The third-order valence-electron chi connectivity index (χ3n) is 3.69. The third kappa shape index (κ3) is 1.84. The van der Waals surface area contributed by atoms with E-state index in [9.17, 15) is 5.26 Å². The van der Waals surface area contributed by atoms with Gasteiger partial charge in [-0.05, 0) is 30.5 Å². The highest BCUT2D eigenvalue weighted by molar-refractivity contribution is 5.59. The minimum absolute atomic E-state index is 0.639. The minimum atomic E-state index is 0.639. The van der Waals surface area contributed by atoms with Crippen LogP contribution in [0.25, 0.3) is 0 Å². The number of rotatable bonds is 1. The maximum absolute atomic E-state index is 9.36. The third-order valence-corrected chi connectivity index (χ3v) is 3.69. The summed E-state index contributed by atoms with van der Waals surface area (Å²) in [5.74, 6) is 0.696. The molecule has 0 amide bonds. The Morgan fingerprint density at radius 3 is 2.32 bits per heavy atom. The van der Waals surface area contributed by atoms with E-state index < -0.39 is 0 Å². The summed E-state index contributed by atoms with van der Waals surface area (Å²) in [6.45, 7) is 5.39. The highest BCUT2D eigenvalue weighted by atomic mass is 15.3. The van der Waals surface area contributed by atoms with E-state index in [0.29, 0.717) is 11.4 Å². The van der Waals surface area contributed by atoms with Crippen LogP contribution in [0.3, 0.4) is 0 Å². The summed E-state index contributed by atoms with van der Waals surface area (Å²) >= 11 is 0. The molecule has 0 saturated heterocycles. The molecule has 2 heterocycles. The van der Waals surface area contributed by atoms with Crippen molar-refractivity contribution in [2.45, 2.75) is 26.9 Å². The molecule has 1 aliphatic heterocycles. The van der Waals surface area contributed by atoms with Crippen LogP contribution in [-0.2, 0) is 13.1 Å². The fourth-order valence-corrected chi connectivity index (χ4v) is 2.43. The lowest BCUT2D eigenvalue weighted by Crippen LogP contribution is -2.19. The molecule has 1 aromatic carbocycles. The molecule has 0 unspecified atom stereocenters. The number of hydrogen-bond donors (Lipinski definition) is 0.